The van der Waals surface area contributed by atoms with Gasteiger partial charge in [-0.15, -0.1) is 0 Å². The smallest absolute Gasteiger partial charge is 0.355 e. The van der Waals surface area contributed by atoms with E-state index in [1.54, 1.807) is 77.4 Å². The average Bonchev–Trinajstić information content (AvgIpc) is 3.15. The van der Waals surface area contributed by atoms with Gasteiger partial charge in [0.05, 0.1) is 32.0 Å². The molecule has 0 saturated carbocycles. The number of benzene rings is 1. The SMILES string of the molecule is CCOC(=O)c1[nH]c(C)c(C(=O)[C@H](C)N(Cc2ccccn2)C(=O)c2ccc(OC)cc2)c1C. The lowest BCUT2D eigenvalue weighted by atomic mass is 9.99. The summed E-state index contributed by atoms with van der Waals surface area (Å²) in [5.74, 6) is -0.485. The van der Waals surface area contributed by atoms with Crippen LogP contribution in [0.25, 0.3) is 0 Å². The predicted molar refractivity (Wildman–Crippen MR) is 127 cm³/mol. The number of amides is 1. The highest BCUT2D eigenvalue weighted by Gasteiger charge is 2.32. The van der Waals surface area contributed by atoms with E-state index in [0.717, 1.165) is 0 Å². The molecule has 2 heterocycles. The summed E-state index contributed by atoms with van der Waals surface area (Å²) in [6.07, 6.45) is 1.64. The van der Waals surface area contributed by atoms with E-state index >= 15 is 0 Å². The lowest BCUT2D eigenvalue weighted by Crippen LogP contribution is -2.43. The second-order valence-corrected chi connectivity index (χ2v) is 7.87. The number of methoxy groups -OCH3 is 1. The second-order valence-electron chi connectivity index (χ2n) is 7.87. The lowest BCUT2D eigenvalue weighted by Gasteiger charge is -2.28. The lowest BCUT2D eigenvalue weighted by molar-refractivity contribution is 0.0518. The van der Waals surface area contributed by atoms with Crippen molar-refractivity contribution in [3.05, 3.63) is 82.4 Å². The van der Waals surface area contributed by atoms with Gasteiger partial charge in [0.25, 0.3) is 5.91 Å². The zero-order valence-electron chi connectivity index (χ0n) is 20.0. The summed E-state index contributed by atoms with van der Waals surface area (Å²) in [4.78, 5) is 48.2. The number of H-pyrrole nitrogens is 1. The quantitative estimate of drug-likeness (QED) is 0.378. The Morgan fingerprint density at radius 1 is 1.09 bits per heavy atom. The van der Waals surface area contributed by atoms with Crippen molar-refractivity contribution in [3.8, 4) is 5.75 Å². The molecular weight excluding hydrogens is 434 g/mol. The van der Waals surface area contributed by atoms with Crippen molar-refractivity contribution in [2.45, 2.75) is 40.3 Å². The zero-order valence-corrected chi connectivity index (χ0v) is 20.0. The molecule has 0 saturated heterocycles. The average molecular weight is 464 g/mol. The normalized spacial score (nSPS) is 11.6. The van der Waals surface area contributed by atoms with Crippen molar-refractivity contribution < 1.29 is 23.9 Å². The van der Waals surface area contributed by atoms with E-state index in [0.29, 0.717) is 33.8 Å². The van der Waals surface area contributed by atoms with Crippen LogP contribution < -0.4 is 4.74 Å². The molecule has 0 unspecified atom stereocenters. The number of hydrogen-bond acceptors (Lipinski definition) is 6. The molecule has 0 bridgehead atoms. The number of carbonyl (C=O) groups is 3. The molecule has 0 aliphatic rings. The Bertz CT molecular complexity index is 1170. The number of ether oxygens (including phenoxy) is 2. The Kier molecular flexibility index (Phi) is 7.83. The Hall–Kier alpha value is -3.94. The van der Waals surface area contributed by atoms with Crippen LogP contribution in [-0.4, -0.2) is 52.3 Å². The van der Waals surface area contributed by atoms with Crippen LogP contribution in [0, 0.1) is 13.8 Å². The number of rotatable bonds is 9. The molecule has 3 rings (SSSR count). The molecule has 8 nitrogen and oxygen atoms in total. The van der Waals surface area contributed by atoms with Crippen LogP contribution in [0.2, 0.25) is 0 Å². The molecule has 1 amide bonds. The highest BCUT2D eigenvalue weighted by molar-refractivity contribution is 6.07. The van der Waals surface area contributed by atoms with Crippen LogP contribution in [-0.2, 0) is 11.3 Å². The van der Waals surface area contributed by atoms with Gasteiger partial charge in [-0.2, -0.15) is 0 Å². The minimum atomic E-state index is -0.820. The van der Waals surface area contributed by atoms with Crippen molar-refractivity contribution >= 4 is 17.7 Å². The fourth-order valence-electron chi connectivity index (χ4n) is 3.83. The van der Waals surface area contributed by atoms with E-state index in [9.17, 15) is 14.4 Å². The minimum Gasteiger partial charge on any atom is -0.497 e. The first-order valence-corrected chi connectivity index (χ1v) is 11.0. The molecule has 0 spiro atoms. The van der Waals surface area contributed by atoms with Gasteiger partial charge in [-0.25, -0.2) is 4.79 Å². The number of nitrogens with zero attached hydrogens (tertiary/aromatic N) is 2. The van der Waals surface area contributed by atoms with Crippen LogP contribution in [0.3, 0.4) is 0 Å². The molecule has 1 aromatic carbocycles. The summed E-state index contributed by atoms with van der Waals surface area (Å²) < 4.78 is 10.3. The van der Waals surface area contributed by atoms with Crippen molar-refractivity contribution in [2.75, 3.05) is 13.7 Å². The number of nitrogens with one attached hydrogen (secondary N) is 1. The van der Waals surface area contributed by atoms with Gasteiger partial charge in [0.1, 0.15) is 11.4 Å². The molecule has 1 N–H and O–H groups in total. The first-order chi connectivity index (χ1) is 16.3. The number of hydrogen-bond donors (Lipinski definition) is 1. The Morgan fingerprint density at radius 2 is 1.79 bits per heavy atom. The number of Topliss-reactive ketones (excluding diaryl/α,β-unsaturated/α-hetero) is 1. The Balaban J connectivity index is 1.97. The summed E-state index contributed by atoms with van der Waals surface area (Å²) in [5, 5.41) is 0. The van der Waals surface area contributed by atoms with Gasteiger partial charge in [0.15, 0.2) is 5.78 Å². The molecule has 8 heteroatoms. The third kappa shape index (κ3) is 5.17. The number of aromatic amines is 1. The number of aryl methyl sites for hydroxylation is 1. The second kappa shape index (κ2) is 10.8. The number of carbonyl (C=O) groups excluding carboxylic acids is 3. The maximum Gasteiger partial charge on any atom is 0.355 e. The monoisotopic (exact) mass is 463 g/mol. The Morgan fingerprint density at radius 3 is 2.38 bits per heavy atom. The summed E-state index contributed by atoms with van der Waals surface area (Å²) in [5.41, 5.74) is 2.75. The van der Waals surface area contributed by atoms with Crippen LogP contribution in [0.1, 0.15) is 62.0 Å². The van der Waals surface area contributed by atoms with Crippen LogP contribution in [0.15, 0.2) is 48.7 Å². The molecule has 0 radical (unpaired) electrons. The van der Waals surface area contributed by atoms with Gasteiger partial charge in [0.2, 0.25) is 0 Å². The van der Waals surface area contributed by atoms with Crippen LogP contribution in [0.4, 0.5) is 0 Å². The fraction of sp³-hybridized carbons (Fsp3) is 0.308. The van der Waals surface area contributed by atoms with Crippen LogP contribution >= 0.6 is 0 Å². The van der Waals surface area contributed by atoms with Gasteiger partial charge < -0.3 is 19.4 Å². The highest BCUT2D eigenvalue weighted by Crippen LogP contribution is 2.24. The van der Waals surface area contributed by atoms with Crippen molar-refractivity contribution in [2.24, 2.45) is 0 Å². The van der Waals surface area contributed by atoms with E-state index in [2.05, 4.69) is 9.97 Å². The molecule has 0 aliphatic carbocycles. The van der Waals surface area contributed by atoms with Crippen molar-refractivity contribution in [1.82, 2.24) is 14.9 Å². The van der Waals surface area contributed by atoms with Gasteiger partial charge in [0, 0.05) is 23.0 Å². The molecular formula is C26H29N3O5. The van der Waals surface area contributed by atoms with Crippen molar-refractivity contribution in [3.63, 3.8) is 0 Å². The van der Waals surface area contributed by atoms with E-state index in [-0.39, 0.29) is 30.5 Å². The molecule has 34 heavy (non-hydrogen) atoms. The van der Waals surface area contributed by atoms with Crippen LogP contribution in [0.5, 0.6) is 5.75 Å². The molecule has 0 aliphatic heterocycles. The summed E-state index contributed by atoms with van der Waals surface area (Å²) in [6.45, 7) is 7.20. The minimum absolute atomic E-state index is 0.145. The molecule has 0 fully saturated rings. The first kappa shape index (κ1) is 24.7. The predicted octanol–water partition coefficient (Wildman–Crippen LogP) is 4.13. The maximum absolute atomic E-state index is 13.6. The standard InChI is InChI=1S/C26H29N3O5/c1-6-34-26(32)23-16(2)22(17(3)28-23)24(30)18(4)29(15-20-9-7-8-14-27-20)25(31)19-10-12-21(33-5)13-11-19/h7-14,18,28H,6,15H2,1-5H3/t18-/m0/s1. The summed E-state index contributed by atoms with van der Waals surface area (Å²) >= 11 is 0. The molecule has 3 aromatic rings. The highest BCUT2D eigenvalue weighted by atomic mass is 16.5. The number of esters is 1. The number of pyridine rings is 1. The summed E-state index contributed by atoms with van der Waals surface area (Å²) in [6, 6.07) is 11.3. The fourth-order valence-corrected chi connectivity index (χ4v) is 3.83. The van der Waals surface area contributed by atoms with E-state index in [1.807, 2.05) is 6.07 Å². The largest absolute Gasteiger partial charge is 0.497 e. The van der Waals surface area contributed by atoms with Gasteiger partial charge in [-0.1, -0.05) is 6.07 Å². The van der Waals surface area contributed by atoms with E-state index in [1.165, 1.54) is 4.90 Å². The third-order valence-corrected chi connectivity index (χ3v) is 5.67. The van der Waals surface area contributed by atoms with Gasteiger partial charge in [-0.3, -0.25) is 14.6 Å². The number of aromatic nitrogens is 2. The first-order valence-electron chi connectivity index (χ1n) is 11.0. The molecule has 2 aromatic heterocycles. The maximum atomic E-state index is 13.6. The zero-order chi connectivity index (χ0) is 24.8. The van der Waals surface area contributed by atoms with Crippen molar-refractivity contribution in [1.29, 1.82) is 0 Å². The summed E-state index contributed by atoms with van der Waals surface area (Å²) in [7, 11) is 1.55. The number of ketones is 1. The third-order valence-electron chi connectivity index (χ3n) is 5.67. The van der Waals surface area contributed by atoms with Gasteiger partial charge in [-0.05, 0) is 69.7 Å². The topological polar surface area (TPSA) is 102 Å². The van der Waals surface area contributed by atoms with Gasteiger partial charge >= 0.3 is 5.97 Å². The Labute approximate surface area is 198 Å². The molecule has 1 atom stereocenters. The van der Waals surface area contributed by atoms with E-state index < -0.39 is 12.0 Å². The molecule has 178 valence electrons. The van der Waals surface area contributed by atoms with E-state index in [4.69, 9.17) is 9.47 Å².